The molecule has 138 valence electrons. The molecular weight excluding hydrogens is 381 g/mol. The fourth-order valence-electron chi connectivity index (χ4n) is 2.72. The molecule has 1 N–H and O–H groups in total. The Labute approximate surface area is 168 Å². The number of aromatic nitrogens is 2. The van der Waals surface area contributed by atoms with Crippen LogP contribution in [0.5, 0.6) is 5.75 Å². The van der Waals surface area contributed by atoms with Gasteiger partial charge in [-0.15, -0.1) is 0 Å². The molecule has 4 nitrogen and oxygen atoms in total. The summed E-state index contributed by atoms with van der Waals surface area (Å²) in [7, 11) is 0. The molecule has 2 aromatic carbocycles. The summed E-state index contributed by atoms with van der Waals surface area (Å²) in [5, 5.41) is 10.4. The van der Waals surface area contributed by atoms with Gasteiger partial charge >= 0.3 is 0 Å². The Morgan fingerprint density at radius 1 is 1.19 bits per heavy atom. The molecule has 0 atom stereocenters. The average molecular weight is 400 g/mol. The zero-order chi connectivity index (χ0) is 19.6. The van der Waals surface area contributed by atoms with E-state index in [-0.39, 0.29) is 0 Å². The Kier molecular flexibility index (Phi) is 5.74. The highest BCUT2D eigenvalue weighted by Crippen LogP contribution is 2.35. The van der Waals surface area contributed by atoms with Gasteiger partial charge in [-0.1, -0.05) is 30.1 Å². The quantitative estimate of drug-likeness (QED) is 0.509. The van der Waals surface area contributed by atoms with Gasteiger partial charge in [0.25, 0.3) is 0 Å². The van der Waals surface area contributed by atoms with Gasteiger partial charge in [0.15, 0.2) is 5.75 Å². The van der Waals surface area contributed by atoms with Crippen LogP contribution in [0.3, 0.4) is 0 Å². The summed E-state index contributed by atoms with van der Waals surface area (Å²) in [5.41, 5.74) is 5.15. The molecule has 27 heavy (non-hydrogen) atoms. The summed E-state index contributed by atoms with van der Waals surface area (Å²) in [5.74, 6) is 0.974. The zero-order valence-electron chi connectivity index (χ0n) is 15.4. The molecule has 0 fully saturated rings. The number of ether oxygens (including phenoxy) is 1. The molecule has 0 aliphatic heterocycles. The second-order valence-corrected chi connectivity index (χ2v) is 7.19. The van der Waals surface area contributed by atoms with E-state index in [0.29, 0.717) is 39.4 Å². The first-order valence-corrected chi connectivity index (χ1v) is 9.39. The first-order valence-electron chi connectivity index (χ1n) is 8.64. The van der Waals surface area contributed by atoms with E-state index in [1.54, 1.807) is 18.2 Å². The van der Waals surface area contributed by atoms with E-state index < -0.39 is 0 Å². The van der Waals surface area contributed by atoms with Crippen molar-refractivity contribution in [2.75, 3.05) is 6.61 Å². The van der Waals surface area contributed by atoms with Gasteiger partial charge in [0.1, 0.15) is 11.9 Å². The van der Waals surface area contributed by atoms with Crippen LogP contribution in [0.25, 0.3) is 22.7 Å². The van der Waals surface area contributed by atoms with E-state index >= 15 is 0 Å². The molecule has 0 bridgehead atoms. The van der Waals surface area contributed by atoms with Gasteiger partial charge in [0.05, 0.1) is 33.3 Å². The van der Waals surface area contributed by atoms with Crippen molar-refractivity contribution >= 4 is 45.9 Å². The van der Waals surface area contributed by atoms with Crippen molar-refractivity contribution < 1.29 is 4.74 Å². The number of hydrogen-bond donors (Lipinski definition) is 1. The molecule has 6 heteroatoms. The second kappa shape index (κ2) is 8.04. The number of nitrogens with zero attached hydrogens (tertiary/aromatic N) is 2. The van der Waals surface area contributed by atoms with Crippen LogP contribution in [-0.2, 0) is 0 Å². The maximum absolute atomic E-state index is 9.62. The molecule has 0 saturated heterocycles. The van der Waals surface area contributed by atoms with Crippen molar-refractivity contribution in [1.82, 2.24) is 9.97 Å². The minimum Gasteiger partial charge on any atom is -0.490 e. The van der Waals surface area contributed by atoms with Gasteiger partial charge in [-0.05, 0) is 67.3 Å². The number of benzene rings is 2. The minimum atomic E-state index is 0.399. The molecular formula is C21H19Cl2N3O. The Balaban J connectivity index is 2.01. The molecule has 1 heterocycles. The number of halogens is 2. The number of imidazole rings is 1. The standard InChI is InChI=1S/C21H19Cl2N3O/c1-4-5-27-20-16(22)9-14(10-17(20)23)8-15(11-24)21-25-18-6-12(2)13(3)7-19(18)26-21/h6-10H,4-5H2,1-3H3,(H,25,26)/b15-8-. The van der Waals surface area contributed by atoms with Crippen LogP contribution in [0.2, 0.25) is 10.0 Å². The Hall–Kier alpha value is -2.48. The fourth-order valence-corrected chi connectivity index (χ4v) is 3.34. The van der Waals surface area contributed by atoms with E-state index in [1.165, 1.54) is 5.56 Å². The highest BCUT2D eigenvalue weighted by Gasteiger charge is 2.12. The first kappa shape index (κ1) is 19.3. The molecule has 0 unspecified atom stereocenters. The van der Waals surface area contributed by atoms with E-state index in [1.807, 2.05) is 32.9 Å². The molecule has 1 aromatic heterocycles. The maximum Gasteiger partial charge on any atom is 0.156 e. The maximum atomic E-state index is 9.62. The Morgan fingerprint density at radius 3 is 2.48 bits per heavy atom. The van der Waals surface area contributed by atoms with Gasteiger partial charge in [-0.3, -0.25) is 0 Å². The smallest absolute Gasteiger partial charge is 0.156 e. The molecule has 3 rings (SSSR count). The lowest BCUT2D eigenvalue weighted by atomic mass is 10.1. The predicted molar refractivity (Wildman–Crippen MR) is 111 cm³/mol. The number of aryl methyl sites for hydroxylation is 2. The Bertz CT molecular complexity index is 1010. The monoisotopic (exact) mass is 399 g/mol. The van der Waals surface area contributed by atoms with Crippen LogP contribution < -0.4 is 4.74 Å². The second-order valence-electron chi connectivity index (χ2n) is 6.37. The number of hydrogen-bond acceptors (Lipinski definition) is 3. The summed E-state index contributed by atoms with van der Waals surface area (Å²) in [6, 6.07) is 9.69. The highest BCUT2D eigenvalue weighted by molar-refractivity contribution is 6.37. The number of nitriles is 1. The van der Waals surface area contributed by atoms with E-state index in [0.717, 1.165) is 23.0 Å². The van der Waals surface area contributed by atoms with Gasteiger partial charge in [0, 0.05) is 0 Å². The topological polar surface area (TPSA) is 61.7 Å². The summed E-state index contributed by atoms with van der Waals surface area (Å²) in [6.07, 6.45) is 2.57. The van der Waals surface area contributed by atoms with Gasteiger partial charge in [-0.25, -0.2) is 4.98 Å². The minimum absolute atomic E-state index is 0.399. The van der Waals surface area contributed by atoms with Gasteiger partial charge < -0.3 is 9.72 Å². The lowest BCUT2D eigenvalue weighted by Crippen LogP contribution is -1.96. The van der Waals surface area contributed by atoms with Crippen LogP contribution in [-0.4, -0.2) is 16.6 Å². The van der Waals surface area contributed by atoms with Crippen molar-refractivity contribution in [1.29, 1.82) is 5.26 Å². The molecule has 0 amide bonds. The average Bonchev–Trinajstić information content (AvgIpc) is 3.02. The number of fused-ring (bicyclic) bond motifs is 1. The van der Waals surface area contributed by atoms with Crippen LogP contribution in [0.4, 0.5) is 0 Å². The number of aromatic amines is 1. The third-order valence-electron chi connectivity index (χ3n) is 4.26. The SMILES string of the molecule is CCCOc1c(Cl)cc(/C=C(/C#N)c2nc3cc(C)c(C)cc3[nH]2)cc1Cl. The van der Waals surface area contributed by atoms with Crippen LogP contribution in [0.1, 0.15) is 35.9 Å². The molecule has 0 spiro atoms. The third kappa shape index (κ3) is 4.10. The summed E-state index contributed by atoms with van der Waals surface area (Å²) in [6.45, 7) is 6.63. The molecule has 0 radical (unpaired) electrons. The molecule has 0 aliphatic carbocycles. The zero-order valence-corrected chi connectivity index (χ0v) is 16.9. The van der Waals surface area contributed by atoms with Gasteiger partial charge in [-0.2, -0.15) is 5.26 Å². The van der Waals surface area contributed by atoms with Crippen molar-refractivity contribution in [3.8, 4) is 11.8 Å². The summed E-state index contributed by atoms with van der Waals surface area (Å²) < 4.78 is 5.58. The van der Waals surface area contributed by atoms with Crippen LogP contribution in [0, 0.1) is 25.2 Å². The highest BCUT2D eigenvalue weighted by atomic mass is 35.5. The van der Waals surface area contributed by atoms with Crippen LogP contribution in [0.15, 0.2) is 24.3 Å². The normalized spacial score (nSPS) is 11.6. The van der Waals surface area contributed by atoms with E-state index in [2.05, 4.69) is 16.0 Å². The first-order chi connectivity index (χ1) is 12.9. The van der Waals surface area contributed by atoms with Crippen molar-refractivity contribution in [2.24, 2.45) is 0 Å². The van der Waals surface area contributed by atoms with Crippen LogP contribution >= 0.6 is 23.2 Å². The Morgan fingerprint density at radius 2 is 1.85 bits per heavy atom. The van der Waals surface area contributed by atoms with Crippen molar-refractivity contribution in [3.05, 3.63) is 56.8 Å². The number of H-pyrrole nitrogens is 1. The van der Waals surface area contributed by atoms with Crippen molar-refractivity contribution in [2.45, 2.75) is 27.2 Å². The molecule has 0 aliphatic rings. The largest absolute Gasteiger partial charge is 0.490 e. The lowest BCUT2D eigenvalue weighted by Gasteiger charge is -2.10. The van der Waals surface area contributed by atoms with Crippen molar-refractivity contribution in [3.63, 3.8) is 0 Å². The lowest BCUT2D eigenvalue weighted by molar-refractivity contribution is 0.318. The summed E-state index contributed by atoms with van der Waals surface area (Å²) >= 11 is 12.6. The van der Waals surface area contributed by atoms with E-state index in [9.17, 15) is 5.26 Å². The fraction of sp³-hybridized carbons (Fsp3) is 0.238. The third-order valence-corrected chi connectivity index (χ3v) is 4.82. The molecule has 0 saturated carbocycles. The number of allylic oxidation sites excluding steroid dienone is 1. The molecule has 3 aromatic rings. The predicted octanol–water partition coefficient (Wildman–Crippen LogP) is 6.34. The van der Waals surface area contributed by atoms with E-state index in [4.69, 9.17) is 27.9 Å². The van der Waals surface area contributed by atoms with Gasteiger partial charge in [0.2, 0.25) is 0 Å². The number of nitrogens with one attached hydrogen (secondary N) is 1. The summed E-state index contributed by atoms with van der Waals surface area (Å²) in [4.78, 5) is 7.76. The number of rotatable bonds is 5.